The van der Waals surface area contributed by atoms with Crippen LogP contribution in [0.3, 0.4) is 0 Å². The van der Waals surface area contributed by atoms with Crippen molar-refractivity contribution in [3.05, 3.63) is 34.3 Å². The van der Waals surface area contributed by atoms with Gasteiger partial charge in [-0.2, -0.15) is 0 Å². The highest BCUT2D eigenvalue weighted by Crippen LogP contribution is 2.37. The molecule has 0 aliphatic heterocycles. The van der Waals surface area contributed by atoms with Crippen LogP contribution in [0.15, 0.2) is 23.7 Å². The molecule has 0 saturated heterocycles. The molecule has 1 N–H and O–H groups in total. The van der Waals surface area contributed by atoms with E-state index in [-0.39, 0.29) is 0 Å². The number of thiophene rings is 1. The molecule has 0 atom stereocenters. The van der Waals surface area contributed by atoms with Gasteiger partial charge in [0.15, 0.2) is 0 Å². The summed E-state index contributed by atoms with van der Waals surface area (Å²) in [5.74, 6) is 1.04. The van der Waals surface area contributed by atoms with Gasteiger partial charge in [-0.3, -0.25) is 0 Å². The SMILES string of the molecule is Cc1cn(C2CC2)c(NCCc2cccs2)n1. The van der Waals surface area contributed by atoms with E-state index in [1.807, 2.05) is 11.3 Å². The molecular weight excluding hydrogens is 230 g/mol. The van der Waals surface area contributed by atoms with Crippen molar-refractivity contribution < 1.29 is 0 Å². The summed E-state index contributed by atoms with van der Waals surface area (Å²) in [4.78, 5) is 5.98. The monoisotopic (exact) mass is 247 g/mol. The smallest absolute Gasteiger partial charge is 0.203 e. The van der Waals surface area contributed by atoms with Gasteiger partial charge in [-0.25, -0.2) is 4.98 Å². The molecule has 1 aliphatic rings. The molecule has 0 aromatic carbocycles. The Morgan fingerprint density at radius 2 is 2.41 bits per heavy atom. The van der Waals surface area contributed by atoms with Crippen LogP contribution < -0.4 is 5.32 Å². The van der Waals surface area contributed by atoms with E-state index >= 15 is 0 Å². The average Bonchev–Trinajstić information content (AvgIpc) is 2.90. The molecule has 1 aliphatic carbocycles. The topological polar surface area (TPSA) is 29.9 Å². The molecule has 0 bridgehead atoms. The van der Waals surface area contributed by atoms with E-state index < -0.39 is 0 Å². The Bertz CT molecular complexity index is 483. The van der Waals surface area contributed by atoms with Gasteiger partial charge in [0.05, 0.1) is 5.69 Å². The number of aryl methyl sites for hydroxylation is 1. The first-order valence-electron chi connectivity index (χ1n) is 6.14. The Morgan fingerprint density at radius 3 is 3.12 bits per heavy atom. The molecule has 0 unspecified atom stereocenters. The van der Waals surface area contributed by atoms with Crippen LogP contribution in [0, 0.1) is 6.92 Å². The molecule has 17 heavy (non-hydrogen) atoms. The molecule has 0 radical (unpaired) electrons. The second kappa shape index (κ2) is 4.53. The van der Waals surface area contributed by atoms with E-state index in [9.17, 15) is 0 Å². The second-order valence-corrected chi connectivity index (χ2v) is 5.63. The summed E-state index contributed by atoms with van der Waals surface area (Å²) >= 11 is 1.82. The zero-order valence-corrected chi connectivity index (χ0v) is 10.8. The third-order valence-electron chi connectivity index (χ3n) is 3.03. The fourth-order valence-electron chi connectivity index (χ4n) is 2.03. The van der Waals surface area contributed by atoms with Gasteiger partial charge in [0, 0.05) is 23.7 Å². The summed E-state index contributed by atoms with van der Waals surface area (Å²) in [7, 11) is 0. The average molecular weight is 247 g/mol. The molecule has 1 saturated carbocycles. The van der Waals surface area contributed by atoms with Gasteiger partial charge in [0.1, 0.15) is 0 Å². The van der Waals surface area contributed by atoms with Crippen LogP contribution in [-0.4, -0.2) is 16.1 Å². The minimum atomic E-state index is 0.695. The van der Waals surface area contributed by atoms with E-state index in [4.69, 9.17) is 0 Å². The first kappa shape index (κ1) is 10.8. The van der Waals surface area contributed by atoms with Crippen LogP contribution in [0.1, 0.15) is 29.5 Å². The first-order chi connectivity index (χ1) is 8.33. The van der Waals surface area contributed by atoms with Crippen molar-refractivity contribution in [3.63, 3.8) is 0 Å². The first-order valence-corrected chi connectivity index (χ1v) is 7.02. The van der Waals surface area contributed by atoms with Gasteiger partial charge in [-0.05, 0) is 37.6 Å². The second-order valence-electron chi connectivity index (χ2n) is 4.60. The van der Waals surface area contributed by atoms with Crippen LogP contribution >= 0.6 is 11.3 Å². The van der Waals surface area contributed by atoms with E-state index in [1.54, 1.807) is 0 Å². The fourth-order valence-corrected chi connectivity index (χ4v) is 2.74. The highest BCUT2D eigenvalue weighted by Gasteiger charge is 2.25. The lowest BCUT2D eigenvalue weighted by atomic mass is 10.3. The molecule has 0 amide bonds. The lowest BCUT2D eigenvalue weighted by molar-refractivity contribution is 0.742. The van der Waals surface area contributed by atoms with Gasteiger partial charge in [0.25, 0.3) is 0 Å². The maximum absolute atomic E-state index is 4.55. The summed E-state index contributed by atoms with van der Waals surface area (Å²) in [5, 5.41) is 5.58. The van der Waals surface area contributed by atoms with Crippen LogP contribution in [0.4, 0.5) is 5.95 Å². The summed E-state index contributed by atoms with van der Waals surface area (Å²) < 4.78 is 2.30. The normalized spacial score (nSPS) is 15.1. The number of imidazole rings is 1. The van der Waals surface area contributed by atoms with Crippen molar-refractivity contribution in [1.82, 2.24) is 9.55 Å². The van der Waals surface area contributed by atoms with E-state index in [0.29, 0.717) is 6.04 Å². The van der Waals surface area contributed by atoms with Crippen molar-refractivity contribution in [2.45, 2.75) is 32.2 Å². The maximum atomic E-state index is 4.55. The zero-order valence-electron chi connectivity index (χ0n) is 10.0. The highest BCUT2D eigenvalue weighted by molar-refractivity contribution is 7.09. The number of nitrogens with zero attached hydrogens (tertiary/aromatic N) is 2. The van der Waals surface area contributed by atoms with Crippen LogP contribution in [0.25, 0.3) is 0 Å². The quantitative estimate of drug-likeness (QED) is 0.879. The van der Waals surface area contributed by atoms with Crippen LogP contribution in [-0.2, 0) is 6.42 Å². The third kappa shape index (κ3) is 2.52. The Balaban J connectivity index is 1.60. The van der Waals surface area contributed by atoms with Gasteiger partial charge >= 0.3 is 0 Å². The molecule has 2 aromatic rings. The number of nitrogens with one attached hydrogen (secondary N) is 1. The summed E-state index contributed by atoms with van der Waals surface area (Å²) in [6.45, 7) is 3.02. The van der Waals surface area contributed by atoms with Gasteiger partial charge in [-0.1, -0.05) is 6.07 Å². The van der Waals surface area contributed by atoms with Crippen LogP contribution in [0.2, 0.25) is 0 Å². The minimum Gasteiger partial charge on any atom is -0.355 e. The van der Waals surface area contributed by atoms with Crippen molar-refractivity contribution in [2.75, 3.05) is 11.9 Å². The van der Waals surface area contributed by atoms with Crippen molar-refractivity contribution in [1.29, 1.82) is 0 Å². The predicted molar refractivity (Wildman–Crippen MR) is 71.7 cm³/mol. The lowest BCUT2D eigenvalue weighted by Gasteiger charge is -2.07. The Morgan fingerprint density at radius 1 is 1.53 bits per heavy atom. The standard InChI is InChI=1S/C13H17N3S/c1-10-9-16(11-4-5-11)13(15-10)14-7-6-12-3-2-8-17-12/h2-3,8-9,11H,4-7H2,1H3,(H,14,15). The van der Waals surface area contributed by atoms with Gasteiger partial charge < -0.3 is 9.88 Å². The molecule has 1 fully saturated rings. The molecule has 2 aromatic heterocycles. The van der Waals surface area contributed by atoms with E-state index in [0.717, 1.165) is 24.6 Å². The molecule has 3 rings (SSSR count). The van der Waals surface area contributed by atoms with Gasteiger partial charge in [-0.15, -0.1) is 11.3 Å². The summed E-state index contributed by atoms with van der Waals surface area (Å²) in [6, 6.07) is 4.99. The molecule has 2 heterocycles. The molecular formula is C13H17N3S. The fraction of sp³-hybridized carbons (Fsp3) is 0.462. The Kier molecular flexibility index (Phi) is 2.89. The highest BCUT2D eigenvalue weighted by atomic mass is 32.1. The Labute approximate surface area is 106 Å². The number of hydrogen-bond acceptors (Lipinski definition) is 3. The zero-order chi connectivity index (χ0) is 11.7. The number of rotatable bonds is 5. The van der Waals surface area contributed by atoms with Crippen molar-refractivity contribution in [3.8, 4) is 0 Å². The number of aromatic nitrogens is 2. The Hall–Kier alpha value is -1.29. The van der Waals surface area contributed by atoms with E-state index in [1.165, 1.54) is 17.7 Å². The van der Waals surface area contributed by atoms with Crippen LogP contribution in [0.5, 0.6) is 0 Å². The number of hydrogen-bond donors (Lipinski definition) is 1. The predicted octanol–water partition coefficient (Wildman–Crippen LogP) is 3.24. The largest absolute Gasteiger partial charge is 0.355 e. The minimum absolute atomic E-state index is 0.695. The third-order valence-corrected chi connectivity index (χ3v) is 3.96. The molecule has 4 heteroatoms. The summed E-state index contributed by atoms with van der Waals surface area (Å²) in [6.07, 6.45) is 5.84. The van der Waals surface area contributed by atoms with E-state index in [2.05, 4.69) is 45.5 Å². The van der Waals surface area contributed by atoms with Crippen molar-refractivity contribution in [2.24, 2.45) is 0 Å². The van der Waals surface area contributed by atoms with Gasteiger partial charge in [0.2, 0.25) is 5.95 Å². The molecule has 90 valence electrons. The maximum Gasteiger partial charge on any atom is 0.203 e. The molecule has 3 nitrogen and oxygen atoms in total. The molecule has 0 spiro atoms. The number of anilines is 1. The van der Waals surface area contributed by atoms with Crippen molar-refractivity contribution >= 4 is 17.3 Å². The lowest BCUT2D eigenvalue weighted by Crippen LogP contribution is -2.09. The summed E-state index contributed by atoms with van der Waals surface area (Å²) in [5.41, 5.74) is 1.11.